The zero-order valence-electron chi connectivity index (χ0n) is 13.7. The van der Waals surface area contributed by atoms with Crippen LogP contribution in [0.5, 0.6) is 0 Å². The first-order valence-electron chi connectivity index (χ1n) is 8.23. The molecule has 2 aromatic rings. The lowest BCUT2D eigenvalue weighted by Gasteiger charge is -2.13. The Labute approximate surface area is 145 Å². The number of aromatic nitrogens is 1. The van der Waals surface area contributed by atoms with Gasteiger partial charge < -0.3 is 10.2 Å². The first-order valence-corrected chi connectivity index (χ1v) is 9.11. The van der Waals surface area contributed by atoms with E-state index in [2.05, 4.69) is 17.2 Å². The van der Waals surface area contributed by atoms with Crippen molar-refractivity contribution < 1.29 is 9.59 Å². The number of nitrogens with one attached hydrogen (secondary N) is 1. The highest BCUT2D eigenvalue weighted by Gasteiger charge is 2.23. The molecule has 5 nitrogen and oxygen atoms in total. The van der Waals surface area contributed by atoms with Gasteiger partial charge in [0.2, 0.25) is 0 Å². The van der Waals surface area contributed by atoms with Gasteiger partial charge in [0.25, 0.3) is 11.8 Å². The summed E-state index contributed by atoms with van der Waals surface area (Å²) in [5, 5.41) is 4.96. The van der Waals surface area contributed by atoms with Crippen molar-refractivity contribution in [3.05, 3.63) is 52.0 Å². The van der Waals surface area contributed by atoms with Crippen molar-refractivity contribution in [1.29, 1.82) is 0 Å². The number of hydrogen-bond donors (Lipinski definition) is 1. The predicted octanol–water partition coefficient (Wildman–Crippen LogP) is 2.91. The molecule has 0 saturated carbocycles. The van der Waals surface area contributed by atoms with E-state index >= 15 is 0 Å². The molecule has 6 heteroatoms. The van der Waals surface area contributed by atoms with Crippen molar-refractivity contribution in [3.63, 3.8) is 0 Å². The Morgan fingerprint density at radius 2 is 1.96 bits per heavy atom. The number of hydrogen-bond acceptors (Lipinski definition) is 4. The molecule has 2 heterocycles. The minimum atomic E-state index is -0.227. The molecule has 24 heavy (non-hydrogen) atoms. The lowest BCUT2D eigenvalue weighted by Crippen LogP contribution is -2.29. The second kappa shape index (κ2) is 7.57. The van der Waals surface area contributed by atoms with Crippen molar-refractivity contribution >= 4 is 23.2 Å². The van der Waals surface area contributed by atoms with E-state index in [1.165, 1.54) is 16.9 Å². The summed E-state index contributed by atoms with van der Waals surface area (Å²) < 4.78 is 0. The highest BCUT2D eigenvalue weighted by Crippen LogP contribution is 2.17. The van der Waals surface area contributed by atoms with Gasteiger partial charge in [-0.1, -0.05) is 37.3 Å². The second-order valence-electron chi connectivity index (χ2n) is 6.06. The lowest BCUT2D eigenvalue weighted by atomic mass is 10.0. The minimum absolute atomic E-state index is 0.0609. The van der Waals surface area contributed by atoms with Gasteiger partial charge in [-0.05, 0) is 24.3 Å². The summed E-state index contributed by atoms with van der Waals surface area (Å²) in [6.07, 6.45) is 2.09. The minimum Gasteiger partial charge on any atom is -0.350 e. The number of carbonyl (C=O) groups excluding carboxylic acids is 2. The summed E-state index contributed by atoms with van der Waals surface area (Å²) >= 11 is 1.24. The van der Waals surface area contributed by atoms with Crippen molar-refractivity contribution in [2.24, 2.45) is 0 Å². The molecule has 0 spiro atoms. The maximum atomic E-state index is 12.3. The molecule has 1 saturated heterocycles. The van der Waals surface area contributed by atoms with Gasteiger partial charge in [-0.25, -0.2) is 4.98 Å². The maximum absolute atomic E-state index is 12.3. The van der Waals surface area contributed by atoms with Gasteiger partial charge in [0.1, 0.15) is 5.69 Å². The van der Waals surface area contributed by atoms with E-state index in [0.717, 1.165) is 25.9 Å². The number of thiazole rings is 1. The number of rotatable bonds is 5. The SMILES string of the molecule is C[C@@H](CNC(=O)c1csc(C(=O)N2CCCC2)n1)c1ccccc1. The summed E-state index contributed by atoms with van der Waals surface area (Å²) in [4.78, 5) is 30.5. The highest BCUT2D eigenvalue weighted by molar-refractivity contribution is 7.11. The van der Waals surface area contributed by atoms with Crippen LogP contribution in [0.15, 0.2) is 35.7 Å². The Bertz CT molecular complexity index is 708. The first-order chi connectivity index (χ1) is 11.6. The Morgan fingerprint density at radius 1 is 1.25 bits per heavy atom. The third-order valence-corrected chi connectivity index (χ3v) is 5.08. The van der Waals surface area contributed by atoms with Gasteiger partial charge in [-0.2, -0.15) is 0 Å². The standard InChI is InChI=1S/C18H21N3O2S/c1-13(14-7-3-2-4-8-14)11-19-16(22)15-12-24-17(20-15)18(23)21-9-5-6-10-21/h2-4,7-8,12-13H,5-6,9-11H2,1H3,(H,19,22)/t13-/m0/s1. The first kappa shape index (κ1) is 16.6. The number of amides is 2. The molecule has 1 atom stereocenters. The van der Waals surface area contributed by atoms with Crippen LogP contribution in [-0.4, -0.2) is 41.3 Å². The third kappa shape index (κ3) is 3.82. The molecular formula is C18H21N3O2S. The second-order valence-corrected chi connectivity index (χ2v) is 6.92. The predicted molar refractivity (Wildman–Crippen MR) is 94.4 cm³/mol. The van der Waals surface area contributed by atoms with Crippen LogP contribution in [0.25, 0.3) is 0 Å². The van der Waals surface area contributed by atoms with Crippen LogP contribution in [0.3, 0.4) is 0 Å². The molecule has 1 aliphatic heterocycles. The Kier molecular flexibility index (Phi) is 5.25. The maximum Gasteiger partial charge on any atom is 0.282 e. The molecule has 0 radical (unpaired) electrons. The Hall–Kier alpha value is -2.21. The van der Waals surface area contributed by atoms with Gasteiger partial charge in [0, 0.05) is 25.0 Å². The van der Waals surface area contributed by atoms with Gasteiger partial charge >= 0.3 is 0 Å². The van der Waals surface area contributed by atoms with Crippen molar-refractivity contribution in [3.8, 4) is 0 Å². The average Bonchev–Trinajstić information content (AvgIpc) is 3.31. The van der Waals surface area contributed by atoms with Gasteiger partial charge in [0.05, 0.1) is 0 Å². The summed E-state index contributed by atoms with van der Waals surface area (Å²) in [6, 6.07) is 10.1. The van der Waals surface area contributed by atoms with E-state index in [-0.39, 0.29) is 17.7 Å². The quantitative estimate of drug-likeness (QED) is 0.908. The molecule has 0 aliphatic carbocycles. The zero-order chi connectivity index (χ0) is 16.9. The van der Waals surface area contributed by atoms with E-state index in [1.807, 2.05) is 30.3 Å². The molecule has 1 aromatic carbocycles. The smallest absolute Gasteiger partial charge is 0.282 e. The molecule has 126 valence electrons. The molecule has 1 N–H and O–H groups in total. The van der Waals surface area contributed by atoms with Crippen LogP contribution in [0.4, 0.5) is 0 Å². The Balaban J connectivity index is 1.56. The van der Waals surface area contributed by atoms with Crippen LogP contribution < -0.4 is 5.32 Å². The largest absolute Gasteiger partial charge is 0.350 e. The molecule has 1 aromatic heterocycles. The Morgan fingerprint density at radius 3 is 2.67 bits per heavy atom. The third-order valence-electron chi connectivity index (χ3n) is 4.25. The number of benzene rings is 1. The monoisotopic (exact) mass is 343 g/mol. The summed E-state index contributed by atoms with van der Waals surface area (Å²) in [7, 11) is 0. The average molecular weight is 343 g/mol. The van der Waals surface area contributed by atoms with Crippen LogP contribution in [-0.2, 0) is 0 Å². The summed E-state index contributed by atoms with van der Waals surface area (Å²) in [6.45, 7) is 4.18. The fourth-order valence-electron chi connectivity index (χ4n) is 2.77. The van der Waals surface area contributed by atoms with Crippen LogP contribution >= 0.6 is 11.3 Å². The van der Waals surface area contributed by atoms with Crippen LogP contribution in [0.2, 0.25) is 0 Å². The van der Waals surface area contributed by atoms with E-state index < -0.39 is 0 Å². The zero-order valence-corrected chi connectivity index (χ0v) is 14.5. The van der Waals surface area contributed by atoms with E-state index in [4.69, 9.17) is 0 Å². The van der Waals surface area contributed by atoms with Crippen molar-refractivity contribution in [1.82, 2.24) is 15.2 Å². The number of nitrogens with zero attached hydrogens (tertiary/aromatic N) is 2. The molecule has 1 fully saturated rings. The highest BCUT2D eigenvalue weighted by atomic mass is 32.1. The van der Waals surface area contributed by atoms with Crippen molar-refractivity contribution in [2.45, 2.75) is 25.7 Å². The molecule has 0 unspecified atom stereocenters. The van der Waals surface area contributed by atoms with Gasteiger partial charge in [0.15, 0.2) is 5.01 Å². The van der Waals surface area contributed by atoms with Crippen molar-refractivity contribution in [2.75, 3.05) is 19.6 Å². The molecule has 0 bridgehead atoms. The summed E-state index contributed by atoms with van der Waals surface area (Å²) in [5.74, 6) is -0.0665. The summed E-state index contributed by atoms with van der Waals surface area (Å²) in [5.41, 5.74) is 1.50. The van der Waals surface area contributed by atoms with Crippen LogP contribution in [0, 0.1) is 0 Å². The fraction of sp³-hybridized carbons (Fsp3) is 0.389. The van der Waals surface area contributed by atoms with Crippen LogP contribution in [0.1, 0.15) is 51.5 Å². The van der Waals surface area contributed by atoms with E-state index in [0.29, 0.717) is 17.2 Å². The molecular weight excluding hydrogens is 322 g/mol. The van der Waals surface area contributed by atoms with E-state index in [9.17, 15) is 9.59 Å². The topological polar surface area (TPSA) is 62.3 Å². The number of carbonyl (C=O) groups is 2. The van der Waals surface area contributed by atoms with E-state index in [1.54, 1.807) is 10.3 Å². The normalized spacial score (nSPS) is 15.3. The molecule has 2 amide bonds. The fourth-order valence-corrected chi connectivity index (χ4v) is 3.53. The van der Waals surface area contributed by atoms with Gasteiger partial charge in [-0.3, -0.25) is 9.59 Å². The molecule has 1 aliphatic rings. The van der Waals surface area contributed by atoms with Gasteiger partial charge in [-0.15, -0.1) is 11.3 Å². The lowest BCUT2D eigenvalue weighted by molar-refractivity contribution is 0.0792. The molecule has 3 rings (SSSR count). The number of likely N-dealkylation sites (tertiary alicyclic amines) is 1.